The van der Waals surface area contributed by atoms with Crippen molar-refractivity contribution in [1.82, 2.24) is 14.5 Å². The Bertz CT molecular complexity index is 1270. The van der Waals surface area contributed by atoms with E-state index in [1.54, 1.807) is 19.2 Å². The third-order valence-electron chi connectivity index (χ3n) is 5.57. The Morgan fingerprint density at radius 3 is 2.57 bits per heavy atom. The molecule has 1 aliphatic heterocycles. The number of imidazole rings is 1. The van der Waals surface area contributed by atoms with Gasteiger partial charge in [0.05, 0.1) is 17.5 Å². The Morgan fingerprint density at radius 2 is 1.90 bits per heavy atom. The Balaban J connectivity index is 1.79. The molecule has 2 aromatic carbocycles. The summed E-state index contributed by atoms with van der Waals surface area (Å²) in [5.41, 5.74) is 4.47. The van der Waals surface area contributed by atoms with Gasteiger partial charge in [0.2, 0.25) is 11.8 Å². The van der Waals surface area contributed by atoms with Crippen LogP contribution in [0.15, 0.2) is 41.2 Å². The number of carboxylic acid groups (broad SMARTS) is 1. The van der Waals surface area contributed by atoms with Crippen molar-refractivity contribution in [3.8, 4) is 11.1 Å². The fourth-order valence-electron chi connectivity index (χ4n) is 4.09. The van der Waals surface area contributed by atoms with E-state index >= 15 is 0 Å². The van der Waals surface area contributed by atoms with Crippen molar-refractivity contribution in [3.63, 3.8) is 0 Å². The molecule has 8 heteroatoms. The molecule has 1 aromatic heterocycles. The minimum absolute atomic E-state index is 0.0382. The molecule has 1 saturated heterocycles. The number of benzene rings is 2. The van der Waals surface area contributed by atoms with Crippen molar-refractivity contribution >= 4 is 28.8 Å². The van der Waals surface area contributed by atoms with Crippen molar-refractivity contribution in [3.05, 3.63) is 58.0 Å². The summed E-state index contributed by atoms with van der Waals surface area (Å²) >= 11 is 0. The maximum atomic E-state index is 12.9. The highest BCUT2D eigenvalue weighted by Gasteiger charge is 2.31. The normalized spacial score (nSPS) is 16.7. The minimum Gasteiger partial charge on any atom is -0.481 e. The van der Waals surface area contributed by atoms with Crippen LogP contribution in [0.4, 0.5) is 0 Å². The van der Waals surface area contributed by atoms with Gasteiger partial charge >= 0.3 is 11.7 Å². The summed E-state index contributed by atoms with van der Waals surface area (Å²) in [5.74, 6) is -1.67. The maximum absolute atomic E-state index is 12.9. The molecule has 1 unspecified atom stereocenters. The second kappa shape index (κ2) is 7.29. The number of piperidine rings is 1. The molecule has 0 bridgehead atoms. The highest BCUT2D eigenvalue weighted by Crippen LogP contribution is 2.29. The number of carboxylic acids is 1. The van der Waals surface area contributed by atoms with Gasteiger partial charge in [-0.1, -0.05) is 24.3 Å². The van der Waals surface area contributed by atoms with Crippen molar-refractivity contribution in [2.24, 2.45) is 7.05 Å². The number of aromatic nitrogens is 2. The van der Waals surface area contributed by atoms with E-state index in [2.05, 4.69) is 5.32 Å². The lowest BCUT2D eigenvalue weighted by atomic mass is 9.97. The Morgan fingerprint density at radius 1 is 1.13 bits per heavy atom. The predicted molar refractivity (Wildman–Crippen MR) is 110 cm³/mol. The summed E-state index contributed by atoms with van der Waals surface area (Å²) in [5, 5.41) is 11.3. The third kappa shape index (κ3) is 3.30. The molecule has 0 saturated carbocycles. The lowest BCUT2D eigenvalue weighted by molar-refractivity contribution is -0.137. The number of imide groups is 1. The zero-order valence-corrected chi connectivity index (χ0v) is 16.6. The summed E-state index contributed by atoms with van der Waals surface area (Å²) in [6.07, 6.45) is 0.443. The molecular weight excluding hydrogens is 386 g/mol. The number of hydrogen-bond donors (Lipinski definition) is 2. The van der Waals surface area contributed by atoms with E-state index in [0.717, 1.165) is 22.3 Å². The van der Waals surface area contributed by atoms with Crippen LogP contribution in [0.3, 0.4) is 0 Å². The Labute approximate surface area is 171 Å². The number of fused-ring (bicyclic) bond motifs is 1. The topological polar surface area (TPSA) is 110 Å². The van der Waals surface area contributed by atoms with E-state index in [0.29, 0.717) is 11.0 Å². The van der Waals surface area contributed by atoms with Crippen molar-refractivity contribution in [2.75, 3.05) is 0 Å². The largest absolute Gasteiger partial charge is 0.481 e. The third-order valence-corrected chi connectivity index (χ3v) is 5.57. The average molecular weight is 407 g/mol. The first-order chi connectivity index (χ1) is 14.3. The van der Waals surface area contributed by atoms with Crippen LogP contribution in [-0.2, 0) is 27.9 Å². The van der Waals surface area contributed by atoms with E-state index in [1.165, 1.54) is 9.13 Å². The minimum atomic E-state index is -0.881. The van der Waals surface area contributed by atoms with Crippen LogP contribution in [0.2, 0.25) is 0 Å². The van der Waals surface area contributed by atoms with Gasteiger partial charge in [0.15, 0.2) is 0 Å². The molecule has 4 rings (SSSR count). The molecule has 2 N–H and O–H groups in total. The number of carbonyl (C=O) groups excluding carboxylic acids is 2. The molecule has 1 fully saturated rings. The second-order valence-electron chi connectivity index (χ2n) is 7.60. The maximum Gasteiger partial charge on any atom is 0.329 e. The fourth-order valence-corrected chi connectivity index (χ4v) is 4.09. The van der Waals surface area contributed by atoms with Crippen molar-refractivity contribution < 1.29 is 19.5 Å². The van der Waals surface area contributed by atoms with Crippen LogP contribution in [-0.4, -0.2) is 32.0 Å². The molecule has 8 nitrogen and oxygen atoms in total. The van der Waals surface area contributed by atoms with Crippen LogP contribution in [0.5, 0.6) is 0 Å². The van der Waals surface area contributed by atoms with Gasteiger partial charge in [0.1, 0.15) is 6.04 Å². The van der Waals surface area contributed by atoms with Crippen LogP contribution in [0.25, 0.3) is 22.2 Å². The molecule has 3 aromatic rings. The van der Waals surface area contributed by atoms with Crippen LogP contribution in [0.1, 0.15) is 30.0 Å². The van der Waals surface area contributed by atoms with Gasteiger partial charge in [-0.3, -0.25) is 28.8 Å². The number of amides is 2. The standard InChI is InChI=1S/C22H21N3O5/c1-12-9-13(10-20(27)28)3-5-15(12)14-4-6-16-18(11-14)24(2)22(30)25(16)17-7-8-19(26)23-21(17)29/h3-6,9,11,17H,7-8,10H2,1-2H3,(H,27,28)(H,23,26,29). The summed E-state index contributed by atoms with van der Waals surface area (Å²) in [6, 6.07) is 10.4. The summed E-state index contributed by atoms with van der Waals surface area (Å²) in [4.78, 5) is 47.6. The zero-order valence-electron chi connectivity index (χ0n) is 16.6. The van der Waals surface area contributed by atoms with Gasteiger partial charge < -0.3 is 5.11 Å². The lowest BCUT2D eigenvalue weighted by Gasteiger charge is -2.21. The van der Waals surface area contributed by atoms with Gasteiger partial charge in [0.25, 0.3) is 0 Å². The lowest BCUT2D eigenvalue weighted by Crippen LogP contribution is -2.44. The Kier molecular flexibility index (Phi) is 4.77. The highest BCUT2D eigenvalue weighted by atomic mass is 16.4. The second-order valence-corrected chi connectivity index (χ2v) is 7.60. The molecule has 1 aliphatic rings. The van der Waals surface area contributed by atoms with Crippen molar-refractivity contribution in [1.29, 1.82) is 0 Å². The zero-order chi connectivity index (χ0) is 21.6. The van der Waals surface area contributed by atoms with Gasteiger partial charge in [-0.2, -0.15) is 0 Å². The highest BCUT2D eigenvalue weighted by molar-refractivity contribution is 6.00. The summed E-state index contributed by atoms with van der Waals surface area (Å²) < 4.78 is 2.94. The first-order valence-electron chi connectivity index (χ1n) is 9.62. The van der Waals surface area contributed by atoms with Gasteiger partial charge in [-0.05, 0) is 47.7 Å². The van der Waals surface area contributed by atoms with E-state index in [1.807, 2.05) is 31.2 Å². The molecule has 0 spiro atoms. The van der Waals surface area contributed by atoms with Crippen LogP contribution in [0, 0.1) is 6.92 Å². The molecule has 2 heterocycles. The first-order valence-corrected chi connectivity index (χ1v) is 9.62. The first kappa shape index (κ1) is 19.6. The predicted octanol–water partition coefficient (Wildman–Crippen LogP) is 1.92. The van der Waals surface area contributed by atoms with Gasteiger partial charge in [0, 0.05) is 13.5 Å². The monoisotopic (exact) mass is 407 g/mol. The number of aliphatic carboxylic acids is 1. The molecule has 2 amide bonds. The van der Waals surface area contributed by atoms with Crippen LogP contribution < -0.4 is 11.0 Å². The summed E-state index contributed by atoms with van der Waals surface area (Å²) in [7, 11) is 1.65. The van der Waals surface area contributed by atoms with Crippen molar-refractivity contribution in [2.45, 2.75) is 32.2 Å². The van der Waals surface area contributed by atoms with E-state index in [4.69, 9.17) is 5.11 Å². The van der Waals surface area contributed by atoms with Crippen LogP contribution >= 0.6 is 0 Å². The summed E-state index contributed by atoms with van der Waals surface area (Å²) in [6.45, 7) is 1.92. The average Bonchev–Trinajstić information content (AvgIpc) is 2.92. The number of nitrogens with one attached hydrogen (secondary N) is 1. The number of nitrogens with zero attached hydrogens (tertiary/aromatic N) is 2. The fraction of sp³-hybridized carbons (Fsp3) is 0.273. The molecule has 1 atom stereocenters. The van der Waals surface area contributed by atoms with E-state index in [-0.39, 0.29) is 30.9 Å². The number of aryl methyl sites for hydroxylation is 2. The SMILES string of the molecule is Cc1cc(CC(=O)O)ccc1-c1ccc2c(c1)n(C)c(=O)n2C1CCC(=O)NC1=O. The molecule has 30 heavy (non-hydrogen) atoms. The van der Waals surface area contributed by atoms with E-state index < -0.39 is 17.9 Å². The molecule has 154 valence electrons. The molecule has 0 aliphatic carbocycles. The van der Waals surface area contributed by atoms with Gasteiger partial charge in [-0.25, -0.2) is 4.79 Å². The number of rotatable bonds is 4. The van der Waals surface area contributed by atoms with Gasteiger partial charge in [-0.15, -0.1) is 0 Å². The molecule has 0 radical (unpaired) electrons. The molecular formula is C22H21N3O5. The smallest absolute Gasteiger partial charge is 0.329 e. The quantitative estimate of drug-likeness (QED) is 0.642. The van der Waals surface area contributed by atoms with E-state index in [9.17, 15) is 19.2 Å². The number of hydrogen-bond acceptors (Lipinski definition) is 4. The Hall–Kier alpha value is -3.68. The number of carbonyl (C=O) groups is 3.